The Morgan fingerprint density at radius 2 is 1.73 bits per heavy atom. The number of hydrogen-bond acceptors (Lipinski definition) is 4. The van der Waals surface area contributed by atoms with Crippen molar-refractivity contribution in [2.24, 2.45) is 0 Å². The average Bonchev–Trinajstić information content (AvgIpc) is 2.87. The quantitative estimate of drug-likeness (QED) is 0.540. The van der Waals surface area contributed by atoms with Crippen molar-refractivity contribution in [3.8, 4) is 12.1 Å². The number of fused-ring (bicyclic) bond motifs is 4. The lowest BCUT2D eigenvalue weighted by molar-refractivity contribution is 0.0418. The predicted molar refractivity (Wildman–Crippen MR) is 122 cm³/mol. The molecular weight excluding hydrogens is 436 g/mol. The third-order valence-electron chi connectivity index (χ3n) is 6.33. The third-order valence-corrected chi connectivity index (χ3v) is 6.62. The number of nitrogens with zero attached hydrogens (tertiary/aromatic N) is 4. The highest BCUT2D eigenvalue weighted by Crippen LogP contribution is 2.48. The molecule has 0 bridgehead atoms. The van der Waals surface area contributed by atoms with E-state index in [4.69, 9.17) is 11.6 Å². The van der Waals surface area contributed by atoms with E-state index < -0.39 is 23.5 Å². The van der Waals surface area contributed by atoms with Gasteiger partial charge in [0.1, 0.15) is 6.07 Å². The van der Waals surface area contributed by atoms with Crippen molar-refractivity contribution in [2.45, 2.75) is 24.0 Å². The molecule has 6 nitrogen and oxygen atoms in total. The van der Waals surface area contributed by atoms with Crippen LogP contribution in [0.4, 0.5) is 5.69 Å². The fraction of sp³-hybridized carbons (Fsp3) is 0.154. The Morgan fingerprint density at radius 1 is 1.03 bits per heavy atom. The molecule has 2 amide bonds. The molecular formula is C26H17ClN4O2. The second kappa shape index (κ2) is 7.78. The Kier molecular flexibility index (Phi) is 4.89. The molecule has 160 valence electrons. The first kappa shape index (κ1) is 20.8. The van der Waals surface area contributed by atoms with Crippen LogP contribution in [0.3, 0.4) is 0 Å². The van der Waals surface area contributed by atoms with Gasteiger partial charge in [0.2, 0.25) is 6.17 Å². The Balaban J connectivity index is 1.78. The van der Waals surface area contributed by atoms with Gasteiger partial charge in [-0.3, -0.25) is 19.4 Å². The number of benzene rings is 3. The van der Waals surface area contributed by atoms with Gasteiger partial charge in [0, 0.05) is 29.0 Å². The second-order valence-corrected chi connectivity index (χ2v) is 8.23. The Labute approximate surface area is 195 Å². The molecule has 3 aromatic carbocycles. The zero-order valence-corrected chi connectivity index (χ0v) is 18.2. The summed E-state index contributed by atoms with van der Waals surface area (Å²) in [5.74, 6) is -0.793. The number of nitriles is 2. The fourth-order valence-electron chi connectivity index (χ4n) is 4.84. The predicted octanol–water partition coefficient (Wildman–Crippen LogP) is 4.35. The van der Waals surface area contributed by atoms with Gasteiger partial charge in [-0.05, 0) is 29.3 Å². The lowest BCUT2D eigenvalue weighted by Gasteiger charge is -2.52. The van der Waals surface area contributed by atoms with Crippen LogP contribution >= 0.6 is 11.6 Å². The highest BCUT2D eigenvalue weighted by molar-refractivity contribution is 6.18. The van der Waals surface area contributed by atoms with Gasteiger partial charge in [0.15, 0.2) is 5.54 Å². The number of amides is 2. The first-order valence-electron chi connectivity index (χ1n) is 10.4. The molecule has 0 fully saturated rings. The summed E-state index contributed by atoms with van der Waals surface area (Å²) >= 11 is 6.08. The van der Waals surface area contributed by atoms with Crippen LogP contribution in [-0.4, -0.2) is 22.9 Å². The number of anilines is 1. The van der Waals surface area contributed by atoms with E-state index in [1.807, 2.05) is 12.1 Å². The zero-order valence-electron chi connectivity index (χ0n) is 17.4. The van der Waals surface area contributed by atoms with Gasteiger partial charge < -0.3 is 0 Å². The van der Waals surface area contributed by atoms with E-state index in [-0.39, 0.29) is 12.3 Å². The van der Waals surface area contributed by atoms with Crippen molar-refractivity contribution in [3.63, 3.8) is 0 Å². The van der Waals surface area contributed by atoms with Crippen molar-refractivity contribution in [1.29, 1.82) is 10.5 Å². The lowest BCUT2D eigenvalue weighted by atomic mass is 9.75. The van der Waals surface area contributed by atoms with Gasteiger partial charge in [0.25, 0.3) is 11.8 Å². The average molecular weight is 453 g/mol. The number of rotatable bonds is 2. The largest absolute Gasteiger partial charge is 0.282 e. The Bertz CT molecular complexity index is 1390. The van der Waals surface area contributed by atoms with E-state index in [1.165, 1.54) is 9.80 Å². The van der Waals surface area contributed by atoms with Gasteiger partial charge in [-0.2, -0.15) is 10.5 Å². The minimum absolute atomic E-state index is 0.118. The van der Waals surface area contributed by atoms with Crippen LogP contribution in [-0.2, 0) is 17.8 Å². The van der Waals surface area contributed by atoms with E-state index in [0.29, 0.717) is 27.9 Å². The molecule has 3 aromatic rings. The van der Waals surface area contributed by atoms with Crippen molar-refractivity contribution in [2.75, 3.05) is 4.90 Å². The van der Waals surface area contributed by atoms with Crippen LogP contribution in [0, 0.1) is 22.7 Å². The monoisotopic (exact) mass is 452 g/mol. The number of alkyl halides is 1. The topological polar surface area (TPSA) is 88.2 Å². The normalized spacial score (nSPS) is 20.7. The van der Waals surface area contributed by atoms with Gasteiger partial charge in [-0.25, -0.2) is 0 Å². The van der Waals surface area contributed by atoms with Crippen LogP contribution in [0.15, 0.2) is 72.8 Å². The summed E-state index contributed by atoms with van der Waals surface area (Å²) in [6.45, 7) is 0. The molecule has 0 radical (unpaired) electrons. The van der Waals surface area contributed by atoms with E-state index in [0.717, 1.165) is 5.56 Å². The number of carbonyl (C=O) groups excluding carboxylic acids is 2. The van der Waals surface area contributed by atoms with Gasteiger partial charge in [0.05, 0.1) is 11.8 Å². The number of para-hydroxylation sites is 1. The fourth-order valence-corrected chi connectivity index (χ4v) is 5.07. The summed E-state index contributed by atoms with van der Waals surface area (Å²) in [6.07, 6.45) is -1.09. The van der Waals surface area contributed by atoms with E-state index in [2.05, 4.69) is 12.1 Å². The summed E-state index contributed by atoms with van der Waals surface area (Å²) < 4.78 is 0. The zero-order chi connectivity index (χ0) is 23.2. The highest BCUT2D eigenvalue weighted by Gasteiger charge is 2.57. The SMILES string of the molecule is N#CC1N(C(=O)c2ccccc2CCl)c2ccccc2C2(C#N)Cc3ccccc3C(=O)N12. The molecule has 0 saturated carbocycles. The van der Waals surface area contributed by atoms with Crippen LogP contribution in [0.2, 0.25) is 0 Å². The maximum atomic E-state index is 13.8. The van der Waals surface area contributed by atoms with E-state index in [9.17, 15) is 20.1 Å². The van der Waals surface area contributed by atoms with Crippen molar-refractivity contribution < 1.29 is 9.59 Å². The minimum Gasteiger partial charge on any atom is -0.282 e. The molecule has 2 unspecified atom stereocenters. The number of halogens is 1. The molecule has 0 N–H and O–H groups in total. The smallest absolute Gasteiger partial charge is 0.261 e. The molecule has 2 aliphatic heterocycles. The molecule has 33 heavy (non-hydrogen) atoms. The van der Waals surface area contributed by atoms with Gasteiger partial charge in [-0.15, -0.1) is 11.6 Å². The molecule has 0 aliphatic carbocycles. The van der Waals surface area contributed by atoms with Crippen LogP contribution in [0.5, 0.6) is 0 Å². The molecule has 7 heteroatoms. The molecule has 0 saturated heterocycles. The maximum absolute atomic E-state index is 13.8. The van der Waals surface area contributed by atoms with Gasteiger partial charge >= 0.3 is 0 Å². The maximum Gasteiger partial charge on any atom is 0.261 e. The molecule has 0 spiro atoms. The van der Waals surface area contributed by atoms with Crippen LogP contribution in [0.1, 0.15) is 37.4 Å². The van der Waals surface area contributed by atoms with Crippen molar-refractivity contribution in [1.82, 2.24) is 4.90 Å². The van der Waals surface area contributed by atoms with Crippen molar-refractivity contribution >= 4 is 29.1 Å². The molecule has 5 rings (SSSR count). The Hall–Kier alpha value is -4.13. The summed E-state index contributed by atoms with van der Waals surface area (Å²) in [5.41, 5.74) is 1.66. The summed E-state index contributed by atoms with van der Waals surface area (Å²) in [6, 6.07) is 25.4. The van der Waals surface area contributed by atoms with Crippen molar-refractivity contribution in [3.05, 3.63) is 101 Å². The lowest BCUT2D eigenvalue weighted by Crippen LogP contribution is -2.66. The minimum atomic E-state index is -1.41. The molecule has 2 heterocycles. The standard InChI is InChI=1S/C26H17ClN4O2/c27-14-18-8-2-4-10-20(18)24(32)30-22-12-6-5-11-21(22)26(16-29)13-17-7-1-3-9-19(17)25(33)31(26)23(30)15-28/h1-12,23H,13-14H2. The summed E-state index contributed by atoms with van der Waals surface area (Å²) in [7, 11) is 0. The molecule has 0 aromatic heterocycles. The van der Waals surface area contributed by atoms with E-state index >= 15 is 0 Å². The third kappa shape index (κ3) is 2.85. The first-order chi connectivity index (χ1) is 16.1. The molecule has 2 atom stereocenters. The highest BCUT2D eigenvalue weighted by atomic mass is 35.5. The van der Waals surface area contributed by atoms with Crippen LogP contribution < -0.4 is 4.90 Å². The first-order valence-corrected chi connectivity index (χ1v) is 10.9. The second-order valence-electron chi connectivity index (χ2n) is 7.97. The van der Waals surface area contributed by atoms with E-state index in [1.54, 1.807) is 60.7 Å². The summed E-state index contributed by atoms with van der Waals surface area (Å²) in [5, 5.41) is 20.7. The number of carbonyl (C=O) groups is 2. The number of hydrogen-bond donors (Lipinski definition) is 0. The van der Waals surface area contributed by atoms with Gasteiger partial charge in [-0.1, -0.05) is 54.6 Å². The van der Waals surface area contributed by atoms with Crippen LogP contribution in [0.25, 0.3) is 0 Å². The molecule has 2 aliphatic rings. The summed E-state index contributed by atoms with van der Waals surface area (Å²) in [4.78, 5) is 30.1. The Morgan fingerprint density at radius 3 is 2.48 bits per heavy atom.